The van der Waals surface area contributed by atoms with Gasteiger partial charge in [-0.05, 0) is 33.6 Å². The van der Waals surface area contributed by atoms with E-state index in [0.29, 0.717) is 25.0 Å². The van der Waals surface area contributed by atoms with Gasteiger partial charge in [0.1, 0.15) is 0 Å². The first-order valence-corrected chi connectivity index (χ1v) is 4.38. The Balaban J connectivity index is 3.47. The number of hydrogen-bond donors (Lipinski definition) is 1. The SMILES string of the molecule is C=C(C)C(=O)OCCCC(C)(C)O. The van der Waals surface area contributed by atoms with Crippen LogP contribution in [0.4, 0.5) is 0 Å². The Bertz CT molecular complexity index is 189. The van der Waals surface area contributed by atoms with E-state index in [1.54, 1.807) is 20.8 Å². The van der Waals surface area contributed by atoms with Crippen LogP contribution in [0.5, 0.6) is 0 Å². The van der Waals surface area contributed by atoms with Crippen LogP contribution in [0.1, 0.15) is 33.6 Å². The molecule has 0 saturated heterocycles. The topological polar surface area (TPSA) is 46.5 Å². The number of esters is 1. The van der Waals surface area contributed by atoms with E-state index >= 15 is 0 Å². The molecule has 0 rings (SSSR count). The summed E-state index contributed by atoms with van der Waals surface area (Å²) >= 11 is 0. The summed E-state index contributed by atoms with van der Waals surface area (Å²) in [4.78, 5) is 10.9. The fraction of sp³-hybridized carbons (Fsp3) is 0.700. The van der Waals surface area contributed by atoms with Crippen molar-refractivity contribution in [1.82, 2.24) is 0 Å². The maximum atomic E-state index is 10.9. The van der Waals surface area contributed by atoms with Gasteiger partial charge in [0.05, 0.1) is 12.2 Å². The lowest BCUT2D eigenvalue weighted by atomic mass is 10.0. The molecular formula is C10H18O3. The van der Waals surface area contributed by atoms with E-state index in [9.17, 15) is 9.90 Å². The molecule has 0 aliphatic rings. The van der Waals surface area contributed by atoms with Gasteiger partial charge >= 0.3 is 5.97 Å². The van der Waals surface area contributed by atoms with Crippen molar-refractivity contribution in [3.63, 3.8) is 0 Å². The van der Waals surface area contributed by atoms with Crippen LogP contribution in [0.15, 0.2) is 12.2 Å². The Hall–Kier alpha value is -0.830. The highest BCUT2D eigenvalue weighted by molar-refractivity contribution is 5.86. The molecule has 0 spiro atoms. The number of carbonyl (C=O) groups excluding carboxylic acids is 1. The lowest BCUT2D eigenvalue weighted by molar-refractivity contribution is -0.139. The molecule has 0 atom stereocenters. The summed E-state index contributed by atoms with van der Waals surface area (Å²) < 4.78 is 4.85. The summed E-state index contributed by atoms with van der Waals surface area (Å²) in [7, 11) is 0. The molecule has 0 unspecified atom stereocenters. The number of carbonyl (C=O) groups is 1. The zero-order valence-electron chi connectivity index (χ0n) is 8.59. The molecule has 3 heteroatoms. The molecule has 3 nitrogen and oxygen atoms in total. The largest absolute Gasteiger partial charge is 0.462 e. The van der Waals surface area contributed by atoms with Gasteiger partial charge in [0.25, 0.3) is 0 Å². The minimum atomic E-state index is -0.685. The number of ether oxygens (including phenoxy) is 1. The van der Waals surface area contributed by atoms with Crippen molar-refractivity contribution < 1.29 is 14.6 Å². The van der Waals surface area contributed by atoms with Crippen LogP contribution in [0.2, 0.25) is 0 Å². The Morgan fingerprint density at radius 3 is 2.46 bits per heavy atom. The number of aliphatic hydroxyl groups is 1. The lowest BCUT2D eigenvalue weighted by Crippen LogP contribution is -2.19. The molecule has 0 saturated carbocycles. The smallest absolute Gasteiger partial charge is 0.333 e. The molecule has 0 aliphatic carbocycles. The third-order valence-electron chi connectivity index (χ3n) is 1.51. The molecule has 0 aromatic rings. The van der Waals surface area contributed by atoms with Crippen LogP contribution in [0, 0.1) is 0 Å². The summed E-state index contributed by atoms with van der Waals surface area (Å²) in [5.41, 5.74) is -0.279. The van der Waals surface area contributed by atoms with E-state index in [1.165, 1.54) is 0 Å². The van der Waals surface area contributed by atoms with E-state index in [0.717, 1.165) is 0 Å². The molecule has 0 aromatic heterocycles. The first kappa shape index (κ1) is 12.2. The summed E-state index contributed by atoms with van der Waals surface area (Å²) in [6.07, 6.45) is 1.29. The van der Waals surface area contributed by atoms with Crippen LogP contribution in [0.3, 0.4) is 0 Å². The molecule has 0 amide bonds. The molecule has 0 aliphatic heterocycles. The lowest BCUT2D eigenvalue weighted by Gasteiger charge is -2.16. The van der Waals surface area contributed by atoms with Crippen LogP contribution in [0.25, 0.3) is 0 Å². The van der Waals surface area contributed by atoms with E-state index in [1.807, 2.05) is 0 Å². The second-order valence-corrected chi connectivity index (χ2v) is 3.83. The summed E-state index contributed by atoms with van der Waals surface area (Å²) in [5, 5.41) is 9.33. The second kappa shape index (κ2) is 5.02. The Morgan fingerprint density at radius 2 is 2.08 bits per heavy atom. The third kappa shape index (κ3) is 7.53. The monoisotopic (exact) mass is 186 g/mol. The standard InChI is InChI=1S/C10H18O3/c1-8(2)9(11)13-7-5-6-10(3,4)12/h12H,1,5-7H2,2-4H3. The van der Waals surface area contributed by atoms with Gasteiger partial charge < -0.3 is 9.84 Å². The number of hydrogen-bond acceptors (Lipinski definition) is 3. The van der Waals surface area contributed by atoms with Gasteiger partial charge in [-0.2, -0.15) is 0 Å². The van der Waals surface area contributed by atoms with E-state index in [4.69, 9.17) is 4.74 Å². The van der Waals surface area contributed by atoms with Gasteiger partial charge in [0, 0.05) is 5.57 Å². The summed E-state index contributed by atoms with van der Waals surface area (Å²) in [5.74, 6) is -0.365. The van der Waals surface area contributed by atoms with E-state index in [2.05, 4.69) is 6.58 Å². The predicted molar refractivity (Wildman–Crippen MR) is 51.3 cm³/mol. The maximum Gasteiger partial charge on any atom is 0.333 e. The first-order chi connectivity index (χ1) is 5.83. The minimum Gasteiger partial charge on any atom is -0.462 e. The van der Waals surface area contributed by atoms with Crippen LogP contribution < -0.4 is 0 Å². The second-order valence-electron chi connectivity index (χ2n) is 3.83. The molecule has 0 heterocycles. The minimum absolute atomic E-state index is 0.343. The fourth-order valence-electron chi connectivity index (χ4n) is 0.793. The van der Waals surface area contributed by atoms with E-state index < -0.39 is 5.60 Å². The maximum absolute atomic E-state index is 10.9. The van der Waals surface area contributed by atoms with Crippen molar-refractivity contribution in [2.45, 2.75) is 39.2 Å². The molecule has 76 valence electrons. The summed E-state index contributed by atoms with van der Waals surface area (Å²) in [6, 6.07) is 0. The van der Waals surface area contributed by atoms with Gasteiger partial charge in [0.2, 0.25) is 0 Å². The van der Waals surface area contributed by atoms with Crippen molar-refractivity contribution in [1.29, 1.82) is 0 Å². The average Bonchev–Trinajstić information content (AvgIpc) is 1.95. The Labute approximate surface area is 79.4 Å². The molecule has 13 heavy (non-hydrogen) atoms. The quantitative estimate of drug-likeness (QED) is 0.403. The third-order valence-corrected chi connectivity index (χ3v) is 1.51. The van der Waals surface area contributed by atoms with Crippen LogP contribution >= 0.6 is 0 Å². The van der Waals surface area contributed by atoms with Gasteiger partial charge in [-0.3, -0.25) is 0 Å². The van der Waals surface area contributed by atoms with Gasteiger partial charge in [-0.25, -0.2) is 4.79 Å². The van der Waals surface area contributed by atoms with Crippen molar-refractivity contribution in [2.24, 2.45) is 0 Å². The number of rotatable bonds is 5. The highest BCUT2D eigenvalue weighted by atomic mass is 16.5. The van der Waals surface area contributed by atoms with Gasteiger partial charge in [0.15, 0.2) is 0 Å². The van der Waals surface area contributed by atoms with Gasteiger partial charge in [-0.1, -0.05) is 6.58 Å². The van der Waals surface area contributed by atoms with Crippen molar-refractivity contribution in [2.75, 3.05) is 6.61 Å². The molecule has 0 bridgehead atoms. The predicted octanol–water partition coefficient (Wildman–Crippen LogP) is 1.66. The molecule has 0 radical (unpaired) electrons. The van der Waals surface area contributed by atoms with Crippen LogP contribution in [-0.2, 0) is 9.53 Å². The van der Waals surface area contributed by atoms with Crippen molar-refractivity contribution in [3.8, 4) is 0 Å². The highest BCUT2D eigenvalue weighted by Gasteiger charge is 2.12. The highest BCUT2D eigenvalue weighted by Crippen LogP contribution is 2.10. The zero-order valence-corrected chi connectivity index (χ0v) is 8.59. The zero-order chi connectivity index (χ0) is 10.5. The molecule has 0 fully saturated rings. The Morgan fingerprint density at radius 1 is 1.54 bits per heavy atom. The Kier molecular flexibility index (Phi) is 4.70. The normalized spacial score (nSPS) is 11.1. The van der Waals surface area contributed by atoms with Crippen molar-refractivity contribution >= 4 is 5.97 Å². The molecule has 0 aromatic carbocycles. The van der Waals surface area contributed by atoms with Gasteiger partial charge in [-0.15, -0.1) is 0 Å². The van der Waals surface area contributed by atoms with Crippen molar-refractivity contribution in [3.05, 3.63) is 12.2 Å². The molecule has 1 N–H and O–H groups in total. The van der Waals surface area contributed by atoms with E-state index in [-0.39, 0.29) is 5.97 Å². The first-order valence-electron chi connectivity index (χ1n) is 4.38. The van der Waals surface area contributed by atoms with Crippen LogP contribution in [-0.4, -0.2) is 23.3 Å². The summed E-state index contributed by atoms with van der Waals surface area (Å²) in [6.45, 7) is 8.87. The molecular weight excluding hydrogens is 168 g/mol. The average molecular weight is 186 g/mol. The fourth-order valence-corrected chi connectivity index (χ4v) is 0.793.